The van der Waals surface area contributed by atoms with Crippen molar-refractivity contribution in [3.05, 3.63) is 12.7 Å². The minimum absolute atomic E-state index is 0.360. The van der Waals surface area contributed by atoms with Crippen LogP contribution in [0.1, 0.15) is 60.8 Å². The fourth-order valence-electron chi connectivity index (χ4n) is 2.73. The van der Waals surface area contributed by atoms with Crippen LogP contribution in [0.4, 0.5) is 9.59 Å². The number of hydrogen-bond acceptors (Lipinski definition) is 4. The van der Waals surface area contributed by atoms with Crippen LogP contribution in [0.5, 0.6) is 0 Å². The van der Waals surface area contributed by atoms with Crippen LogP contribution in [-0.2, 0) is 9.47 Å². The highest BCUT2D eigenvalue weighted by molar-refractivity contribution is 5.70. The van der Waals surface area contributed by atoms with E-state index in [1.54, 1.807) is 11.0 Å². The van der Waals surface area contributed by atoms with Crippen LogP contribution in [0.3, 0.4) is 0 Å². The van der Waals surface area contributed by atoms with Gasteiger partial charge in [0.1, 0.15) is 11.2 Å². The number of hydrogen-bond donors (Lipinski definition) is 1. The first-order valence-corrected chi connectivity index (χ1v) is 8.46. The molecule has 6 heteroatoms. The van der Waals surface area contributed by atoms with Crippen LogP contribution < -0.4 is 5.32 Å². The molecule has 0 aliphatic carbocycles. The predicted molar refractivity (Wildman–Crippen MR) is 94.0 cm³/mol. The van der Waals surface area contributed by atoms with Crippen LogP contribution in [-0.4, -0.2) is 46.9 Å². The molecule has 1 heterocycles. The highest BCUT2D eigenvalue weighted by Gasteiger charge is 2.39. The third-order valence-electron chi connectivity index (χ3n) is 3.53. The van der Waals surface area contributed by atoms with Gasteiger partial charge in [-0.05, 0) is 60.8 Å². The maximum absolute atomic E-state index is 12.4. The minimum Gasteiger partial charge on any atom is -0.444 e. The van der Waals surface area contributed by atoms with Crippen LogP contribution in [0, 0.1) is 0 Å². The zero-order chi connectivity index (χ0) is 18.6. The summed E-state index contributed by atoms with van der Waals surface area (Å²) in [6.45, 7) is 15.8. The smallest absolute Gasteiger partial charge is 0.410 e. The van der Waals surface area contributed by atoms with Crippen molar-refractivity contribution in [2.24, 2.45) is 0 Å². The first kappa shape index (κ1) is 20.3. The average molecular weight is 340 g/mol. The zero-order valence-corrected chi connectivity index (χ0v) is 15.9. The molecule has 1 saturated heterocycles. The summed E-state index contributed by atoms with van der Waals surface area (Å²) in [5, 5.41) is 2.96. The van der Waals surface area contributed by atoms with Crippen molar-refractivity contribution in [2.45, 2.75) is 77.5 Å². The van der Waals surface area contributed by atoms with Gasteiger partial charge in [0.05, 0.1) is 5.54 Å². The lowest BCUT2D eigenvalue weighted by molar-refractivity contribution is 0.00627. The number of rotatable bonds is 3. The summed E-state index contributed by atoms with van der Waals surface area (Å²) in [4.78, 5) is 26.2. The number of nitrogens with zero attached hydrogens (tertiary/aromatic N) is 1. The highest BCUT2D eigenvalue weighted by atomic mass is 16.6. The van der Waals surface area contributed by atoms with Gasteiger partial charge in [-0.25, -0.2) is 9.59 Å². The van der Waals surface area contributed by atoms with Gasteiger partial charge in [0.2, 0.25) is 0 Å². The summed E-state index contributed by atoms with van der Waals surface area (Å²) in [5.41, 5.74) is -1.69. The van der Waals surface area contributed by atoms with Gasteiger partial charge in [-0.1, -0.05) is 6.08 Å². The normalized spacial score (nSPS) is 21.8. The van der Waals surface area contributed by atoms with Gasteiger partial charge in [0.25, 0.3) is 0 Å². The Morgan fingerprint density at radius 3 is 2.25 bits per heavy atom. The monoisotopic (exact) mass is 340 g/mol. The molecule has 1 unspecified atom stereocenters. The van der Waals surface area contributed by atoms with Gasteiger partial charge in [0.15, 0.2) is 0 Å². The van der Waals surface area contributed by atoms with Gasteiger partial charge >= 0.3 is 12.2 Å². The minimum atomic E-state index is -0.570. The van der Waals surface area contributed by atoms with E-state index in [0.29, 0.717) is 19.5 Å². The SMILES string of the molecule is C=CCC1(NC(=O)OC(C)(C)C)CCCN(C(=O)OC(C)(C)C)C1. The Balaban J connectivity index is 2.83. The van der Waals surface area contributed by atoms with E-state index < -0.39 is 22.8 Å². The van der Waals surface area contributed by atoms with Crippen molar-refractivity contribution in [1.82, 2.24) is 10.2 Å². The van der Waals surface area contributed by atoms with E-state index in [-0.39, 0.29) is 6.09 Å². The quantitative estimate of drug-likeness (QED) is 0.792. The lowest BCUT2D eigenvalue weighted by Gasteiger charge is -2.43. The molecule has 0 aromatic heterocycles. The maximum Gasteiger partial charge on any atom is 0.410 e. The molecule has 1 N–H and O–H groups in total. The first-order valence-electron chi connectivity index (χ1n) is 8.46. The molecule has 138 valence electrons. The number of carbonyl (C=O) groups excluding carboxylic acids is 2. The summed E-state index contributed by atoms with van der Waals surface area (Å²) >= 11 is 0. The van der Waals surface area contributed by atoms with Crippen molar-refractivity contribution in [3.63, 3.8) is 0 Å². The molecule has 0 spiro atoms. The molecule has 0 saturated carbocycles. The van der Waals surface area contributed by atoms with Gasteiger partial charge in [-0.3, -0.25) is 0 Å². The van der Waals surface area contributed by atoms with Gasteiger partial charge in [-0.15, -0.1) is 6.58 Å². The van der Waals surface area contributed by atoms with Gasteiger partial charge in [0, 0.05) is 13.1 Å². The number of ether oxygens (including phenoxy) is 2. The zero-order valence-electron chi connectivity index (χ0n) is 15.9. The lowest BCUT2D eigenvalue weighted by Crippen LogP contribution is -2.60. The maximum atomic E-state index is 12.4. The predicted octanol–water partition coefficient (Wildman–Crippen LogP) is 3.86. The summed E-state index contributed by atoms with van der Waals surface area (Å²) in [5.74, 6) is 0. The molecular formula is C18H32N2O4. The molecule has 1 aliphatic rings. The Morgan fingerprint density at radius 1 is 1.17 bits per heavy atom. The van der Waals surface area contributed by atoms with E-state index in [1.807, 2.05) is 41.5 Å². The van der Waals surface area contributed by atoms with E-state index in [9.17, 15) is 9.59 Å². The van der Waals surface area contributed by atoms with Crippen molar-refractivity contribution in [3.8, 4) is 0 Å². The third-order valence-corrected chi connectivity index (χ3v) is 3.53. The number of likely N-dealkylation sites (tertiary alicyclic amines) is 1. The topological polar surface area (TPSA) is 67.9 Å². The molecule has 1 rings (SSSR count). The molecule has 6 nitrogen and oxygen atoms in total. The molecule has 2 amide bonds. The number of amides is 2. The van der Waals surface area contributed by atoms with Crippen molar-refractivity contribution < 1.29 is 19.1 Å². The van der Waals surface area contributed by atoms with E-state index in [2.05, 4.69) is 11.9 Å². The van der Waals surface area contributed by atoms with Crippen LogP contribution in [0.15, 0.2) is 12.7 Å². The Kier molecular flexibility index (Phi) is 6.31. The largest absolute Gasteiger partial charge is 0.444 e. The van der Waals surface area contributed by atoms with Crippen LogP contribution in [0.25, 0.3) is 0 Å². The standard InChI is InChI=1S/C18H32N2O4/c1-8-10-18(19-14(21)23-16(2,3)4)11-9-12-20(13-18)15(22)24-17(5,6)7/h8H,1,9-13H2,2-7H3,(H,19,21). The second-order valence-corrected chi connectivity index (χ2v) is 8.41. The Bertz CT molecular complexity index is 476. The number of carbonyl (C=O) groups is 2. The molecule has 1 fully saturated rings. The fraction of sp³-hybridized carbons (Fsp3) is 0.778. The summed E-state index contributed by atoms with van der Waals surface area (Å²) < 4.78 is 10.8. The van der Waals surface area contributed by atoms with E-state index in [4.69, 9.17) is 9.47 Å². The molecule has 1 atom stereocenters. The summed E-state index contributed by atoms with van der Waals surface area (Å²) in [6.07, 6.45) is 3.03. The third kappa shape index (κ3) is 6.81. The fourth-order valence-corrected chi connectivity index (χ4v) is 2.73. The van der Waals surface area contributed by atoms with Crippen LogP contribution >= 0.6 is 0 Å². The molecule has 1 aliphatic heterocycles. The van der Waals surface area contributed by atoms with Gasteiger partial charge in [-0.2, -0.15) is 0 Å². The van der Waals surface area contributed by atoms with E-state index in [1.165, 1.54) is 0 Å². The van der Waals surface area contributed by atoms with Crippen molar-refractivity contribution in [2.75, 3.05) is 13.1 Å². The highest BCUT2D eigenvalue weighted by Crippen LogP contribution is 2.27. The molecule has 0 aromatic rings. The molecule has 24 heavy (non-hydrogen) atoms. The summed E-state index contributed by atoms with van der Waals surface area (Å²) in [7, 11) is 0. The average Bonchev–Trinajstić information content (AvgIpc) is 2.34. The first-order chi connectivity index (χ1) is 10.9. The molecule has 0 bridgehead atoms. The second-order valence-electron chi connectivity index (χ2n) is 8.41. The number of nitrogens with one attached hydrogen (secondary N) is 1. The lowest BCUT2D eigenvalue weighted by atomic mass is 9.86. The molecule has 0 radical (unpaired) electrons. The number of piperidine rings is 1. The Hall–Kier alpha value is -1.72. The summed E-state index contributed by atoms with van der Waals surface area (Å²) in [6, 6.07) is 0. The van der Waals surface area contributed by atoms with Crippen molar-refractivity contribution in [1.29, 1.82) is 0 Å². The van der Waals surface area contributed by atoms with Crippen LogP contribution in [0.2, 0.25) is 0 Å². The molecular weight excluding hydrogens is 308 g/mol. The molecule has 0 aromatic carbocycles. The number of alkyl carbamates (subject to hydrolysis) is 1. The van der Waals surface area contributed by atoms with E-state index in [0.717, 1.165) is 12.8 Å². The Labute approximate surface area is 145 Å². The van der Waals surface area contributed by atoms with E-state index >= 15 is 0 Å². The van der Waals surface area contributed by atoms with Gasteiger partial charge < -0.3 is 19.7 Å². The Morgan fingerprint density at radius 2 is 1.75 bits per heavy atom. The van der Waals surface area contributed by atoms with Crippen molar-refractivity contribution >= 4 is 12.2 Å². The second kappa shape index (κ2) is 7.45.